The molecule has 0 bridgehead atoms. The molecule has 2 aliphatic rings. The lowest BCUT2D eigenvalue weighted by Crippen LogP contribution is -2.42. The SMILES string of the molecule is CCOC(=O)N1CCC(Nc2ccc(C(=O)N3CCOCC3)cn2)CC1. The first-order valence-electron chi connectivity index (χ1n) is 9.18. The molecule has 0 spiro atoms. The summed E-state index contributed by atoms with van der Waals surface area (Å²) in [6.07, 6.45) is 3.06. The van der Waals surface area contributed by atoms with Crippen LogP contribution in [0.15, 0.2) is 18.3 Å². The van der Waals surface area contributed by atoms with E-state index in [2.05, 4.69) is 10.3 Å². The predicted molar refractivity (Wildman–Crippen MR) is 96.2 cm³/mol. The molecule has 8 heteroatoms. The van der Waals surface area contributed by atoms with Gasteiger partial charge in [-0.05, 0) is 31.9 Å². The molecule has 0 atom stereocenters. The van der Waals surface area contributed by atoms with Crippen LogP contribution in [0, 0.1) is 0 Å². The highest BCUT2D eigenvalue weighted by molar-refractivity contribution is 5.94. The molecule has 8 nitrogen and oxygen atoms in total. The minimum absolute atomic E-state index is 0.00454. The van der Waals surface area contributed by atoms with Crippen molar-refractivity contribution in [3.63, 3.8) is 0 Å². The van der Waals surface area contributed by atoms with Crippen LogP contribution in [0.25, 0.3) is 0 Å². The first-order valence-corrected chi connectivity index (χ1v) is 9.18. The van der Waals surface area contributed by atoms with Gasteiger partial charge in [-0.1, -0.05) is 0 Å². The maximum absolute atomic E-state index is 12.4. The molecule has 2 amide bonds. The van der Waals surface area contributed by atoms with Crippen molar-refractivity contribution >= 4 is 17.8 Å². The van der Waals surface area contributed by atoms with Crippen LogP contribution in [0.4, 0.5) is 10.6 Å². The third kappa shape index (κ3) is 4.63. The smallest absolute Gasteiger partial charge is 0.409 e. The molecule has 0 aliphatic carbocycles. The summed E-state index contributed by atoms with van der Waals surface area (Å²) < 4.78 is 10.3. The fraction of sp³-hybridized carbons (Fsp3) is 0.611. The Morgan fingerprint density at radius 1 is 1.19 bits per heavy atom. The zero-order valence-electron chi connectivity index (χ0n) is 15.1. The maximum Gasteiger partial charge on any atom is 0.409 e. The molecule has 1 aromatic heterocycles. The Labute approximate surface area is 153 Å². The normalized spacial score (nSPS) is 18.5. The van der Waals surface area contributed by atoms with Gasteiger partial charge in [-0.2, -0.15) is 0 Å². The number of hydrogen-bond donors (Lipinski definition) is 1. The molecule has 3 rings (SSSR count). The third-order valence-electron chi connectivity index (χ3n) is 4.68. The number of piperidine rings is 1. The topological polar surface area (TPSA) is 84.0 Å². The summed E-state index contributed by atoms with van der Waals surface area (Å²) in [6.45, 7) is 5.97. The maximum atomic E-state index is 12.4. The van der Waals surface area contributed by atoms with Gasteiger partial charge in [-0.15, -0.1) is 0 Å². The number of rotatable bonds is 4. The van der Waals surface area contributed by atoms with E-state index in [1.165, 1.54) is 0 Å². The molecule has 1 N–H and O–H groups in total. The molecule has 2 fully saturated rings. The van der Waals surface area contributed by atoms with Crippen LogP contribution in [-0.4, -0.2) is 78.8 Å². The molecule has 2 saturated heterocycles. The number of nitrogens with one attached hydrogen (secondary N) is 1. The first-order chi connectivity index (χ1) is 12.7. The van der Waals surface area contributed by atoms with Crippen LogP contribution >= 0.6 is 0 Å². The third-order valence-corrected chi connectivity index (χ3v) is 4.68. The quantitative estimate of drug-likeness (QED) is 0.876. The Bertz CT molecular complexity index is 608. The van der Waals surface area contributed by atoms with E-state index in [1.54, 1.807) is 22.1 Å². The van der Waals surface area contributed by atoms with Crippen molar-refractivity contribution < 1.29 is 19.1 Å². The summed E-state index contributed by atoms with van der Waals surface area (Å²) in [4.78, 5) is 32.0. The summed E-state index contributed by atoms with van der Waals surface area (Å²) >= 11 is 0. The van der Waals surface area contributed by atoms with Crippen LogP contribution in [0.5, 0.6) is 0 Å². The average Bonchev–Trinajstić information content (AvgIpc) is 2.69. The zero-order chi connectivity index (χ0) is 18.4. The number of carbonyl (C=O) groups excluding carboxylic acids is 2. The van der Waals surface area contributed by atoms with Crippen molar-refractivity contribution in [2.24, 2.45) is 0 Å². The molecule has 142 valence electrons. The lowest BCUT2D eigenvalue weighted by molar-refractivity contribution is 0.0302. The van der Waals surface area contributed by atoms with Crippen LogP contribution in [0.3, 0.4) is 0 Å². The summed E-state index contributed by atoms with van der Waals surface area (Å²) in [7, 11) is 0. The monoisotopic (exact) mass is 362 g/mol. The van der Waals surface area contributed by atoms with E-state index in [0.717, 1.165) is 18.7 Å². The fourth-order valence-electron chi connectivity index (χ4n) is 3.19. The summed E-state index contributed by atoms with van der Waals surface area (Å²) in [5, 5.41) is 3.38. The van der Waals surface area contributed by atoms with Crippen LogP contribution in [0.1, 0.15) is 30.1 Å². The minimum Gasteiger partial charge on any atom is -0.450 e. The van der Waals surface area contributed by atoms with Gasteiger partial charge in [-0.25, -0.2) is 9.78 Å². The van der Waals surface area contributed by atoms with Gasteiger partial charge in [0.05, 0.1) is 25.4 Å². The van der Waals surface area contributed by atoms with Gasteiger partial charge >= 0.3 is 6.09 Å². The second-order valence-electron chi connectivity index (χ2n) is 6.44. The second-order valence-corrected chi connectivity index (χ2v) is 6.44. The zero-order valence-corrected chi connectivity index (χ0v) is 15.1. The van der Waals surface area contributed by atoms with Gasteiger partial charge in [0, 0.05) is 38.4 Å². The molecule has 0 aromatic carbocycles. The Kier molecular flexibility index (Phi) is 6.27. The van der Waals surface area contributed by atoms with Gasteiger partial charge in [0.15, 0.2) is 0 Å². The second kappa shape index (κ2) is 8.84. The van der Waals surface area contributed by atoms with Crippen molar-refractivity contribution in [1.82, 2.24) is 14.8 Å². The van der Waals surface area contributed by atoms with E-state index in [0.29, 0.717) is 51.6 Å². The molecular weight excluding hydrogens is 336 g/mol. The molecule has 0 saturated carbocycles. The van der Waals surface area contributed by atoms with E-state index >= 15 is 0 Å². The summed E-state index contributed by atoms with van der Waals surface area (Å²) in [6, 6.07) is 3.90. The number of ether oxygens (including phenoxy) is 2. The predicted octanol–water partition coefficient (Wildman–Crippen LogP) is 1.59. The van der Waals surface area contributed by atoms with E-state index in [-0.39, 0.29) is 18.0 Å². The highest BCUT2D eigenvalue weighted by Gasteiger charge is 2.24. The molecule has 0 radical (unpaired) electrons. The van der Waals surface area contributed by atoms with Crippen molar-refractivity contribution in [3.05, 3.63) is 23.9 Å². The highest BCUT2D eigenvalue weighted by Crippen LogP contribution is 2.17. The van der Waals surface area contributed by atoms with E-state index in [1.807, 2.05) is 13.0 Å². The standard InChI is InChI=1S/C18H26N4O4/c1-2-26-18(24)22-7-5-15(6-8-22)20-16-4-3-14(13-19-16)17(23)21-9-11-25-12-10-21/h3-4,13,15H,2,5-12H2,1H3,(H,19,20). The lowest BCUT2D eigenvalue weighted by Gasteiger charge is -2.31. The van der Waals surface area contributed by atoms with Gasteiger partial charge in [0.2, 0.25) is 0 Å². The van der Waals surface area contributed by atoms with Crippen molar-refractivity contribution in [3.8, 4) is 0 Å². The number of morpholine rings is 1. The number of likely N-dealkylation sites (tertiary alicyclic amines) is 1. The van der Waals surface area contributed by atoms with Crippen LogP contribution < -0.4 is 5.32 Å². The minimum atomic E-state index is -0.241. The number of aromatic nitrogens is 1. The van der Waals surface area contributed by atoms with Crippen LogP contribution in [0.2, 0.25) is 0 Å². The van der Waals surface area contributed by atoms with E-state index in [9.17, 15) is 9.59 Å². The first kappa shape index (κ1) is 18.4. The number of anilines is 1. The Morgan fingerprint density at radius 2 is 1.92 bits per heavy atom. The highest BCUT2D eigenvalue weighted by atomic mass is 16.6. The van der Waals surface area contributed by atoms with Crippen molar-refractivity contribution in [2.75, 3.05) is 51.3 Å². The Morgan fingerprint density at radius 3 is 2.54 bits per heavy atom. The number of pyridine rings is 1. The number of hydrogen-bond acceptors (Lipinski definition) is 6. The molecular formula is C18H26N4O4. The van der Waals surface area contributed by atoms with Gasteiger partial charge < -0.3 is 24.6 Å². The summed E-state index contributed by atoms with van der Waals surface area (Å²) in [5.41, 5.74) is 0.592. The molecule has 26 heavy (non-hydrogen) atoms. The van der Waals surface area contributed by atoms with Gasteiger partial charge in [-0.3, -0.25) is 4.79 Å². The van der Waals surface area contributed by atoms with Gasteiger partial charge in [0.25, 0.3) is 5.91 Å². The van der Waals surface area contributed by atoms with Crippen molar-refractivity contribution in [2.45, 2.75) is 25.8 Å². The molecule has 1 aromatic rings. The number of carbonyl (C=O) groups is 2. The molecule has 2 aliphatic heterocycles. The summed E-state index contributed by atoms with van der Waals surface area (Å²) in [5.74, 6) is 0.744. The van der Waals surface area contributed by atoms with Gasteiger partial charge in [0.1, 0.15) is 5.82 Å². The number of nitrogens with zero attached hydrogens (tertiary/aromatic N) is 3. The Hall–Kier alpha value is -2.35. The average molecular weight is 362 g/mol. The number of amides is 2. The molecule has 3 heterocycles. The molecule has 0 unspecified atom stereocenters. The largest absolute Gasteiger partial charge is 0.450 e. The van der Waals surface area contributed by atoms with Crippen LogP contribution in [-0.2, 0) is 9.47 Å². The van der Waals surface area contributed by atoms with Crippen molar-refractivity contribution in [1.29, 1.82) is 0 Å². The Balaban J connectivity index is 1.49. The lowest BCUT2D eigenvalue weighted by atomic mass is 10.1. The van der Waals surface area contributed by atoms with E-state index in [4.69, 9.17) is 9.47 Å². The van der Waals surface area contributed by atoms with E-state index < -0.39 is 0 Å². The fourth-order valence-corrected chi connectivity index (χ4v) is 3.19.